The molecule has 2 amide bonds. The second kappa shape index (κ2) is 9.87. The molecule has 1 atom stereocenters. The highest BCUT2D eigenvalue weighted by atomic mass is 19.1. The van der Waals surface area contributed by atoms with Crippen molar-refractivity contribution in [1.82, 2.24) is 14.8 Å². The van der Waals surface area contributed by atoms with Crippen molar-refractivity contribution in [2.75, 3.05) is 10.6 Å². The molecule has 0 radical (unpaired) electrons. The minimum atomic E-state index is -0.729. The van der Waals surface area contributed by atoms with Gasteiger partial charge in [-0.2, -0.15) is 5.10 Å². The molecule has 3 N–H and O–H groups in total. The number of carbonyl (C=O) groups is 3. The zero-order chi connectivity index (χ0) is 30.9. The van der Waals surface area contributed by atoms with Gasteiger partial charge in [0.15, 0.2) is 11.6 Å². The molecule has 0 unspecified atom stereocenters. The number of anilines is 2. The molecule has 5 aromatic rings. The number of para-hydroxylation sites is 1. The Labute approximate surface area is 250 Å². The number of nitrogens with two attached hydrogens (primary N) is 1. The van der Waals surface area contributed by atoms with Crippen LogP contribution in [0.4, 0.5) is 20.3 Å². The van der Waals surface area contributed by atoms with Gasteiger partial charge in [-0.3, -0.25) is 14.4 Å². The highest BCUT2D eigenvalue weighted by Gasteiger charge is 2.58. The summed E-state index contributed by atoms with van der Waals surface area (Å²) in [5, 5.41) is 4.72. The molecule has 2 aliphatic rings. The summed E-state index contributed by atoms with van der Waals surface area (Å²) >= 11 is 0. The summed E-state index contributed by atoms with van der Waals surface area (Å²) in [6.07, 6.45) is 3.20. The quantitative estimate of drug-likeness (QED) is 0.177. The fourth-order valence-corrected chi connectivity index (χ4v) is 6.00. The SMILES string of the molecule is Cc1cc(Oc2ccccc2F)ccc1-n1ncc(C(=O)c2cc3cc(F)c(N4C(=O)[C@@H](C)CC5(CC5)C4=O)cc3[nH]2)c1N. The number of amides is 2. The Morgan fingerprint density at radius 1 is 1.05 bits per heavy atom. The normalized spacial score (nSPS) is 17.5. The number of H-pyrrole nitrogens is 1. The Kier molecular flexibility index (Phi) is 6.17. The largest absolute Gasteiger partial charge is 0.454 e. The van der Waals surface area contributed by atoms with Crippen LogP contribution in [0, 0.1) is 29.9 Å². The van der Waals surface area contributed by atoms with Gasteiger partial charge in [0.1, 0.15) is 17.4 Å². The van der Waals surface area contributed by atoms with E-state index in [2.05, 4.69) is 10.1 Å². The van der Waals surface area contributed by atoms with Gasteiger partial charge in [-0.15, -0.1) is 0 Å². The van der Waals surface area contributed by atoms with E-state index in [0.717, 1.165) is 4.90 Å². The molecule has 2 fully saturated rings. The number of aromatic nitrogens is 3. The van der Waals surface area contributed by atoms with E-state index in [1.54, 1.807) is 44.2 Å². The molecule has 9 nitrogen and oxygen atoms in total. The highest BCUT2D eigenvalue weighted by molar-refractivity contribution is 6.20. The topological polar surface area (TPSA) is 123 Å². The first-order valence-electron chi connectivity index (χ1n) is 14.2. The summed E-state index contributed by atoms with van der Waals surface area (Å²) in [7, 11) is 0. The molecule has 0 bridgehead atoms. The van der Waals surface area contributed by atoms with Crippen LogP contribution in [0.2, 0.25) is 0 Å². The van der Waals surface area contributed by atoms with Gasteiger partial charge in [0.25, 0.3) is 0 Å². The minimum absolute atomic E-state index is 0.0830. The Balaban J connectivity index is 1.17. The smallest absolute Gasteiger partial charge is 0.240 e. The molecular formula is C33H27F2N5O4. The molecule has 222 valence electrons. The van der Waals surface area contributed by atoms with Gasteiger partial charge in [0, 0.05) is 16.8 Å². The number of benzene rings is 3. The van der Waals surface area contributed by atoms with E-state index in [4.69, 9.17) is 10.5 Å². The average molecular weight is 596 g/mol. The Bertz CT molecular complexity index is 2030. The highest BCUT2D eigenvalue weighted by Crippen LogP contribution is 2.55. The minimum Gasteiger partial charge on any atom is -0.454 e. The number of nitrogens with zero attached hydrogens (tertiary/aromatic N) is 3. The summed E-state index contributed by atoms with van der Waals surface area (Å²) in [5.74, 6) is -2.31. The van der Waals surface area contributed by atoms with Crippen LogP contribution in [0.5, 0.6) is 11.5 Å². The fraction of sp³-hybridized carbons (Fsp3) is 0.212. The lowest BCUT2D eigenvalue weighted by Crippen LogP contribution is -2.50. The molecule has 1 saturated carbocycles. The predicted octanol–water partition coefficient (Wildman–Crippen LogP) is 6.23. The third kappa shape index (κ3) is 4.34. The standard InChI is InChI=1S/C33H27F2N5O4/c1-17-11-20(44-28-6-4-3-5-22(28)34)7-8-26(17)40-30(36)21(16-37-40)29(41)25-13-19-12-23(35)27(14-24(19)38-25)39-31(42)18(2)15-33(9-10-33)32(39)43/h3-8,11-14,16,18,38H,9-10,15,36H2,1-2H3/t18-/m0/s1. The van der Waals surface area contributed by atoms with Crippen molar-refractivity contribution < 1.29 is 27.9 Å². The van der Waals surface area contributed by atoms with Crippen LogP contribution in [0.3, 0.4) is 0 Å². The molecule has 7 rings (SSSR count). The Morgan fingerprint density at radius 2 is 1.82 bits per heavy atom. The number of aromatic amines is 1. The lowest BCUT2D eigenvalue weighted by Gasteiger charge is -2.34. The number of hydrogen-bond donors (Lipinski definition) is 2. The number of rotatable bonds is 6. The lowest BCUT2D eigenvalue weighted by atomic mass is 9.86. The van der Waals surface area contributed by atoms with Crippen LogP contribution in [0.1, 0.15) is 47.8 Å². The molecular weight excluding hydrogens is 568 g/mol. The van der Waals surface area contributed by atoms with Crippen molar-refractivity contribution in [3.63, 3.8) is 0 Å². The number of ketones is 1. The maximum Gasteiger partial charge on any atom is 0.240 e. The maximum atomic E-state index is 15.3. The van der Waals surface area contributed by atoms with Crippen molar-refractivity contribution in [2.24, 2.45) is 11.3 Å². The summed E-state index contributed by atoms with van der Waals surface area (Å²) in [4.78, 5) is 43.6. The van der Waals surface area contributed by atoms with E-state index in [1.807, 2.05) is 0 Å². The second-order valence-electron chi connectivity index (χ2n) is 11.6. The van der Waals surface area contributed by atoms with Gasteiger partial charge >= 0.3 is 0 Å². The van der Waals surface area contributed by atoms with Crippen molar-refractivity contribution in [3.05, 3.63) is 95.3 Å². The number of nitrogen functional groups attached to an aromatic ring is 1. The number of aryl methyl sites for hydroxylation is 1. The lowest BCUT2D eigenvalue weighted by molar-refractivity contribution is -0.136. The third-order valence-corrected chi connectivity index (χ3v) is 8.53. The van der Waals surface area contributed by atoms with Gasteiger partial charge in [-0.1, -0.05) is 19.1 Å². The van der Waals surface area contributed by atoms with E-state index in [1.165, 1.54) is 41.2 Å². The molecule has 3 aromatic carbocycles. The molecule has 2 aromatic heterocycles. The number of halogens is 2. The second-order valence-corrected chi connectivity index (χ2v) is 11.6. The van der Waals surface area contributed by atoms with Crippen molar-refractivity contribution in [3.8, 4) is 17.2 Å². The fourth-order valence-electron chi connectivity index (χ4n) is 6.00. The number of ether oxygens (including phenoxy) is 1. The Morgan fingerprint density at radius 3 is 2.55 bits per heavy atom. The molecule has 44 heavy (non-hydrogen) atoms. The first-order chi connectivity index (χ1) is 21.1. The van der Waals surface area contributed by atoms with Crippen LogP contribution >= 0.6 is 0 Å². The summed E-state index contributed by atoms with van der Waals surface area (Å²) in [6, 6.07) is 15.2. The number of carbonyl (C=O) groups excluding carboxylic acids is 3. The number of fused-ring (bicyclic) bond motifs is 1. The van der Waals surface area contributed by atoms with E-state index in [-0.39, 0.29) is 34.4 Å². The van der Waals surface area contributed by atoms with Gasteiger partial charge in [-0.05, 0) is 80.3 Å². The van der Waals surface area contributed by atoms with Crippen molar-refractivity contribution in [2.45, 2.75) is 33.1 Å². The van der Waals surface area contributed by atoms with E-state index >= 15 is 4.39 Å². The molecule has 1 saturated heterocycles. The zero-order valence-electron chi connectivity index (χ0n) is 23.9. The van der Waals surface area contributed by atoms with Crippen LogP contribution in [-0.4, -0.2) is 32.4 Å². The Hall–Kier alpha value is -5.32. The average Bonchev–Trinajstić information content (AvgIpc) is 3.49. The monoisotopic (exact) mass is 595 g/mol. The van der Waals surface area contributed by atoms with Gasteiger partial charge in [0.2, 0.25) is 17.6 Å². The van der Waals surface area contributed by atoms with Gasteiger partial charge in [-0.25, -0.2) is 18.4 Å². The molecule has 1 aliphatic carbocycles. The number of imide groups is 1. The number of nitrogens with one attached hydrogen (secondary N) is 1. The number of hydrogen-bond acceptors (Lipinski definition) is 6. The van der Waals surface area contributed by atoms with E-state index in [9.17, 15) is 18.8 Å². The maximum absolute atomic E-state index is 15.3. The molecule has 1 spiro atoms. The first-order valence-corrected chi connectivity index (χ1v) is 14.2. The molecule has 1 aliphatic heterocycles. The predicted molar refractivity (Wildman–Crippen MR) is 159 cm³/mol. The zero-order valence-corrected chi connectivity index (χ0v) is 23.9. The van der Waals surface area contributed by atoms with Gasteiger partial charge in [0.05, 0.1) is 34.2 Å². The van der Waals surface area contributed by atoms with Crippen LogP contribution in [0.15, 0.2) is 66.9 Å². The summed E-state index contributed by atoms with van der Waals surface area (Å²) in [5.41, 5.74) is 7.61. The van der Waals surface area contributed by atoms with Gasteiger partial charge < -0.3 is 15.5 Å². The third-order valence-electron chi connectivity index (χ3n) is 8.53. The number of piperidine rings is 1. The molecule has 3 heterocycles. The van der Waals surface area contributed by atoms with E-state index in [0.29, 0.717) is 47.2 Å². The van der Waals surface area contributed by atoms with Crippen LogP contribution < -0.4 is 15.4 Å². The summed E-state index contributed by atoms with van der Waals surface area (Å²) in [6.45, 7) is 3.56. The first kappa shape index (κ1) is 27.5. The van der Waals surface area contributed by atoms with Crippen LogP contribution in [-0.2, 0) is 9.59 Å². The van der Waals surface area contributed by atoms with E-state index < -0.39 is 34.7 Å². The molecule has 11 heteroatoms. The van der Waals surface area contributed by atoms with Crippen LogP contribution in [0.25, 0.3) is 16.6 Å². The van der Waals surface area contributed by atoms with Crippen molar-refractivity contribution in [1.29, 1.82) is 0 Å². The van der Waals surface area contributed by atoms with Crippen molar-refractivity contribution >= 4 is 40.0 Å². The summed E-state index contributed by atoms with van der Waals surface area (Å²) < 4.78 is 36.4.